The van der Waals surface area contributed by atoms with E-state index in [-0.39, 0.29) is 11.6 Å². The van der Waals surface area contributed by atoms with Crippen LogP contribution in [0.5, 0.6) is 0 Å². The van der Waals surface area contributed by atoms with E-state index < -0.39 is 17.8 Å². The summed E-state index contributed by atoms with van der Waals surface area (Å²) < 4.78 is 0. The molecule has 6 heteroatoms. The van der Waals surface area contributed by atoms with E-state index in [1.54, 1.807) is 6.92 Å². The van der Waals surface area contributed by atoms with Gasteiger partial charge in [-0.25, -0.2) is 0 Å². The molecule has 0 radical (unpaired) electrons. The highest BCUT2D eigenvalue weighted by Gasteiger charge is 2.17. The lowest BCUT2D eigenvalue weighted by Crippen LogP contribution is -2.32. The summed E-state index contributed by atoms with van der Waals surface area (Å²) in [5.74, 6) is -1.90. The first-order valence-electron chi connectivity index (χ1n) is 5.16. The van der Waals surface area contributed by atoms with Gasteiger partial charge in [0.05, 0.1) is 16.5 Å². The number of aromatic nitrogens is 1. The van der Waals surface area contributed by atoms with E-state index in [0.717, 1.165) is 0 Å². The molecule has 1 rings (SSSR count). The van der Waals surface area contributed by atoms with Crippen LogP contribution in [0.4, 0.5) is 0 Å². The molecule has 1 aromatic rings. The number of carboxylic acids is 1. The van der Waals surface area contributed by atoms with E-state index in [4.69, 9.17) is 16.7 Å². The molecule has 0 saturated carbocycles. The zero-order chi connectivity index (χ0) is 12.8. The van der Waals surface area contributed by atoms with Crippen molar-refractivity contribution in [3.63, 3.8) is 0 Å². The molecule has 17 heavy (non-hydrogen) atoms. The van der Waals surface area contributed by atoms with Crippen LogP contribution in [0, 0.1) is 5.92 Å². The SMILES string of the molecule is CCC(CNC(=O)c1ccncc1Cl)C(=O)O. The van der Waals surface area contributed by atoms with Crippen molar-refractivity contribution in [3.8, 4) is 0 Å². The summed E-state index contributed by atoms with van der Waals surface area (Å²) in [5, 5.41) is 11.6. The highest BCUT2D eigenvalue weighted by atomic mass is 35.5. The fraction of sp³-hybridized carbons (Fsp3) is 0.364. The standard InChI is InChI=1S/C11H13ClN2O3/c1-2-7(11(16)17)5-14-10(15)8-3-4-13-6-9(8)12/h3-4,6-7H,2,5H2,1H3,(H,14,15)(H,16,17). The van der Waals surface area contributed by atoms with Crippen molar-refractivity contribution in [2.24, 2.45) is 5.92 Å². The average molecular weight is 257 g/mol. The van der Waals surface area contributed by atoms with Crippen LogP contribution >= 0.6 is 11.6 Å². The molecule has 0 spiro atoms. The maximum absolute atomic E-state index is 11.7. The predicted octanol–water partition coefficient (Wildman–Crippen LogP) is 1.58. The highest BCUT2D eigenvalue weighted by molar-refractivity contribution is 6.33. The number of rotatable bonds is 5. The number of halogens is 1. The number of nitrogens with zero attached hydrogens (tertiary/aromatic N) is 1. The van der Waals surface area contributed by atoms with Gasteiger partial charge in [0.1, 0.15) is 0 Å². The minimum atomic E-state index is -0.923. The monoisotopic (exact) mass is 256 g/mol. The van der Waals surface area contributed by atoms with Crippen molar-refractivity contribution in [1.29, 1.82) is 0 Å². The maximum Gasteiger partial charge on any atom is 0.308 e. The van der Waals surface area contributed by atoms with E-state index in [1.165, 1.54) is 18.5 Å². The normalized spacial score (nSPS) is 11.9. The Balaban J connectivity index is 2.62. The van der Waals surface area contributed by atoms with Crippen LogP contribution in [0.25, 0.3) is 0 Å². The molecule has 2 N–H and O–H groups in total. The average Bonchev–Trinajstić information content (AvgIpc) is 2.29. The van der Waals surface area contributed by atoms with Crippen LogP contribution in [0.1, 0.15) is 23.7 Å². The third-order valence-electron chi connectivity index (χ3n) is 2.37. The smallest absolute Gasteiger partial charge is 0.308 e. The second kappa shape index (κ2) is 6.20. The maximum atomic E-state index is 11.7. The van der Waals surface area contributed by atoms with Crippen molar-refractivity contribution >= 4 is 23.5 Å². The van der Waals surface area contributed by atoms with Crippen molar-refractivity contribution < 1.29 is 14.7 Å². The molecule has 0 aliphatic carbocycles. The topological polar surface area (TPSA) is 79.3 Å². The Labute approximate surface area is 104 Å². The Bertz CT molecular complexity index is 423. The van der Waals surface area contributed by atoms with E-state index >= 15 is 0 Å². The van der Waals surface area contributed by atoms with E-state index in [1.807, 2.05) is 0 Å². The van der Waals surface area contributed by atoms with Crippen molar-refractivity contribution in [1.82, 2.24) is 10.3 Å². The Hall–Kier alpha value is -1.62. The van der Waals surface area contributed by atoms with Crippen molar-refractivity contribution in [2.75, 3.05) is 6.54 Å². The molecular formula is C11H13ClN2O3. The first-order chi connectivity index (χ1) is 8.06. The van der Waals surface area contributed by atoms with Crippen molar-refractivity contribution in [2.45, 2.75) is 13.3 Å². The minimum Gasteiger partial charge on any atom is -0.481 e. The van der Waals surface area contributed by atoms with Crippen LogP contribution in [0.2, 0.25) is 5.02 Å². The molecule has 0 aliphatic heterocycles. The van der Waals surface area contributed by atoms with Gasteiger partial charge in [0.15, 0.2) is 0 Å². The Morgan fingerprint density at radius 2 is 2.29 bits per heavy atom. The van der Waals surface area contributed by atoms with Gasteiger partial charge in [-0.05, 0) is 12.5 Å². The molecule has 1 unspecified atom stereocenters. The van der Waals surface area contributed by atoms with Crippen LogP contribution in [-0.2, 0) is 4.79 Å². The van der Waals surface area contributed by atoms with Crippen LogP contribution in [0.3, 0.4) is 0 Å². The number of nitrogens with one attached hydrogen (secondary N) is 1. The second-order valence-electron chi connectivity index (χ2n) is 3.51. The minimum absolute atomic E-state index is 0.0866. The summed E-state index contributed by atoms with van der Waals surface area (Å²) in [6, 6.07) is 1.49. The first kappa shape index (κ1) is 13.4. The molecule has 0 aromatic carbocycles. The number of carbonyl (C=O) groups is 2. The zero-order valence-electron chi connectivity index (χ0n) is 9.31. The quantitative estimate of drug-likeness (QED) is 0.838. The molecule has 0 saturated heterocycles. The highest BCUT2D eigenvalue weighted by Crippen LogP contribution is 2.13. The Morgan fingerprint density at radius 1 is 1.59 bits per heavy atom. The molecular weight excluding hydrogens is 244 g/mol. The van der Waals surface area contributed by atoms with Gasteiger partial charge in [0.2, 0.25) is 0 Å². The van der Waals surface area contributed by atoms with Gasteiger partial charge in [-0.3, -0.25) is 14.6 Å². The van der Waals surface area contributed by atoms with Gasteiger partial charge in [0.25, 0.3) is 5.91 Å². The van der Waals surface area contributed by atoms with Crippen LogP contribution in [-0.4, -0.2) is 28.5 Å². The fourth-order valence-corrected chi connectivity index (χ4v) is 1.48. The molecule has 1 amide bonds. The molecule has 0 aliphatic rings. The third-order valence-corrected chi connectivity index (χ3v) is 2.67. The molecule has 1 aromatic heterocycles. The van der Waals surface area contributed by atoms with Crippen LogP contribution in [0.15, 0.2) is 18.5 Å². The number of pyridine rings is 1. The molecule has 1 atom stereocenters. The number of aliphatic carboxylic acids is 1. The second-order valence-corrected chi connectivity index (χ2v) is 3.92. The first-order valence-corrected chi connectivity index (χ1v) is 5.54. The Kier molecular flexibility index (Phi) is 4.90. The van der Waals surface area contributed by atoms with Crippen molar-refractivity contribution in [3.05, 3.63) is 29.0 Å². The van der Waals surface area contributed by atoms with Crippen LogP contribution < -0.4 is 5.32 Å². The lowest BCUT2D eigenvalue weighted by molar-refractivity contribution is -0.141. The van der Waals surface area contributed by atoms with Gasteiger partial charge in [0, 0.05) is 18.9 Å². The fourth-order valence-electron chi connectivity index (χ4n) is 1.28. The Morgan fingerprint density at radius 3 is 2.82 bits per heavy atom. The van der Waals surface area contributed by atoms with Gasteiger partial charge in [-0.1, -0.05) is 18.5 Å². The third kappa shape index (κ3) is 3.71. The summed E-state index contributed by atoms with van der Waals surface area (Å²) in [5.41, 5.74) is 0.293. The molecule has 92 valence electrons. The molecule has 0 fully saturated rings. The number of hydrogen-bond donors (Lipinski definition) is 2. The summed E-state index contributed by atoms with van der Waals surface area (Å²) in [6.45, 7) is 1.84. The summed E-state index contributed by atoms with van der Waals surface area (Å²) >= 11 is 5.79. The zero-order valence-corrected chi connectivity index (χ0v) is 10.1. The van der Waals surface area contributed by atoms with Gasteiger partial charge < -0.3 is 10.4 Å². The molecule has 0 bridgehead atoms. The predicted molar refractivity (Wildman–Crippen MR) is 63.0 cm³/mol. The molecule has 1 heterocycles. The van der Waals surface area contributed by atoms with Gasteiger partial charge in [-0.2, -0.15) is 0 Å². The summed E-state index contributed by atoms with van der Waals surface area (Å²) in [6.07, 6.45) is 3.28. The summed E-state index contributed by atoms with van der Waals surface area (Å²) in [7, 11) is 0. The number of hydrogen-bond acceptors (Lipinski definition) is 3. The van der Waals surface area contributed by atoms with E-state index in [9.17, 15) is 9.59 Å². The number of carboxylic acid groups (broad SMARTS) is 1. The summed E-state index contributed by atoms with van der Waals surface area (Å²) in [4.78, 5) is 26.2. The number of amides is 1. The number of carbonyl (C=O) groups excluding carboxylic acids is 1. The van der Waals surface area contributed by atoms with E-state index in [0.29, 0.717) is 12.0 Å². The lowest BCUT2D eigenvalue weighted by atomic mass is 10.1. The largest absolute Gasteiger partial charge is 0.481 e. The molecule has 5 nitrogen and oxygen atoms in total. The van der Waals surface area contributed by atoms with Gasteiger partial charge in [-0.15, -0.1) is 0 Å². The lowest BCUT2D eigenvalue weighted by Gasteiger charge is -2.11. The van der Waals surface area contributed by atoms with E-state index in [2.05, 4.69) is 10.3 Å². The van der Waals surface area contributed by atoms with Gasteiger partial charge >= 0.3 is 5.97 Å².